The van der Waals surface area contributed by atoms with Crippen LogP contribution in [0, 0.1) is 12.8 Å². The number of benzene rings is 2. The van der Waals surface area contributed by atoms with Gasteiger partial charge in [0.25, 0.3) is 5.56 Å². The molecule has 0 fully saturated rings. The van der Waals surface area contributed by atoms with Crippen LogP contribution in [0.25, 0.3) is 11.1 Å². The first-order chi connectivity index (χ1) is 13.4. The van der Waals surface area contributed by atoms with Gasteiger partial charge in [-0.25, -0.2) is 4.68 Å². The van der Waals surface area contributed by atoms with Crippen LogP contribution in [-0.4, -0.2) is 14.9 Å². The Bertz CT molecular complexity index is 1020. The van der Waals surface area contributed by atoms with E-state index >= 15 is 0 Å². The van der Waals surface area contributed by atoms with Gasteiger partial charge in [0.2, 0.25) is 0 Å². The fraction of sp³-hybridized carbons (Fsp3) is 0.304. The summed E-state index contributed by atoms with van der Waals surface area (Å²) in [5, 5.41) is 16.1. The molecule has 0 saturated heterocycles. The van der Waals surface area contributed by atoms with Crippen molar-refractivity contribution < 1.29 is 5.11 Å². The maximum Gasteiger partial charge on any atom is 0.278 e. The van der Waals surface area contributed by atoms with Crippen molar-refractivity contribution in [3.63, 3.8) is 0 Å². The quantitative estimate of drug-likeness (QED) is 0.636. The number of nitrogens with zero attached hydrogens (tertiary/aromatic N) is 2. The Kier molecular flexibility index (Phi) is 6.20. The number of hydrogen-bond acceptors (Lipinski definition) is 3. The second kappa shape index (κ2) is 8.61. The Morgan fingerprint density at radius 2 is 1.75 bits per heavy atom. The van der Waals surface area contributed by atoms with Crippen LogP contribution in [0.2, 0.25) is 5.02 Å². The van der Waals surface area contributed by atoms with E-state index in [9.17, 15) is 9.90 Å². The predicted molar refractivity (Wildman–Crippen MR) is 114 cm³/mol. The zero-order valence-electron chi connectivity index (χ0n) is 16.4. The van der Waals surface area contributed by atoms with Crippen molar-refractivity contribution in [3.8, 4) is 16.9 Å². The normalized spacial score (nSPS) is 11.2. The Morgan fingerprint density at radius 3 is 2.39 bits per heavy atom. The molecule has 28 heavy (non-hydrogen) atoms. The molecule has 0 unspecified atom stereocenters. The third-order valence-corrected chi connectivity index (χ3v) is 4.97. The third-order valence-electron chi connectivity index (χ3n) is 4.72. The molecule has 0 aliphatic carbocycles. The van der Waals surface area contributed by atoms with E-state index in [0.717, 1.165) is 16.7 Å². The van der Waals surface area contributed by atoms with Crippen molar-refractivity contribution in [2.45, 2.75) is 40.2 Å². The second-order valence-corrected chi connectivity index (χ2v) is 7.93. The average Bonchev–Trinajstić information content (AvgIpc) is 2.65. The Balaban J connectivity index is 2.06. The summed E-state index contributed by atoms with van der Waals surface area (Å²) in [5.74, 6) is 0.247. The number of hydrogen-bond donors (Lipinski definition) is 1. The molecule has 0 amide bonds. The Hall–Kier alpha value is -2.59. The summed E-state index contributed by atoms with van der Waals surface area (Å²) in [5.41, 5.74) is 3.41. The van der Waals surface area contributed by atoms with Gasteiger partial charge in [0.05, 0.1) is 5.56 Å². The van der Waals surface area contributed by atoms with Gasteiger partial charge in [0, 0.05) is 11.6 Å². The molecular weight excluding hydrogens is 372 g/mol. The van der Waals surface area contributed by atoms with Crippen molar-refractivity contribution in [2.75, 3.05) is 0 Å². The maximum absolute atomic E-state index is 13.1. The number of aryl methyl sites for hydroxylation is 3. The lowest BCUT2D eigenvalue weighted by Gasteiger charge is -2.16. The predicted octanol–water partition coefficient (Wildman–Crippen LogP) is 5.02. The van der Waals surface area contributed by atoms with Gasteiger partial charge in [0.1, 0.15) is 5.69 Å². The summed E-state index contributed by atoms with van der Waals surface area (Å²) < 4.78 is 1.49. The summed E-state index contributed by atoms with van der Waals surface area (Å²) >= 11 is 5.95. The lowest BCUT2D eigenvalue weighted by molar-refractivity contribution is 0.425. The fourth-order valence-corrected chi connectivity index (χ4v) is 3.39. The monoisotopic (exact) mass is 396 g/mol. The number of rotatable bonds is 6. The summed E-state index contributed by atoms with van der Waals surface area (Å²) in [6.07, 6.45) is 1.23. The molecule has 0 spiro atoms. The molecule has 0 atom stereocenters. The van der Waals surface area contributed by atoms with E-state index in [1.807, 2.05) is 69.3 Å². The Labute approximate surface area is 170 Å². The van der Waals surface area contributed by atoms with Crippen LogP contribution in [-0.2, 0) is 19.4 Å². The Morgan fingerprint density at radius 1 is 1.07 bits per heavy atom. The van der Waals surface area contributed by atoms with Crippen LogP contribution < -0.4 is 5.56 Å². The molecule has 3 aromatic rings. The second-order valence-electron chi connectivity index (χ2n) is 7.49. The van der Waals surface area contributed by atoms with Crippen LogP contribution in [0.1, 0.15) is 30.7 Å². The molecular formula is C23H25ClN2O2. The van der Waals surface area contributed by atoms with Gasteiger partial charge in [-0.15, -0.1) is 0 Å². The van der Waals surface area contributed by atoms with Gasteiger partial charge < -0.3 is 5.11 Å². The van der Waals surface area contributed by atoms with Gasteiger partial charge in [-0.3, -0.25) is 4.79 Å². The lowest BCUT2D eigenvalue weighted by atomic mass is 9.99. The van der Waals surface area contributed by atoms with E-state index in [-0.39, 0.29) is 17.2 Å². The maximum atomic E-state index is 13.1. The molecule has 0 aliphatic heterocycles. The molecule has 146 valence electrons. The standard InChI is InChI=1S/C23H25ClN2O2/c1-15(2)14-26-23(28)21(19-7-5-4-6-16(19)3)22(27)20(25-26)13-10-17-8-11-18(24)12-9-17/h4-9,11-12,15,27H,10,13-14H2,1-3H3. The molecule has 0 saturated carbocycles. The van der Waals surface area contributed by atoms with Crippen LogP contribution >= 0.6 is 11.6 Å². The molecule has 2 aromatic carbocycles. The average molecular weight is 397 g/mol. The largest absolute Gasteiger partial charge is 0.505 e. The molecule has 0 bridgehead atoms. The molecule has 5 heteroatoms. The first kappa shape index (κ1) is 20.2. The number of aromatic hydroxyl groups is 1. The highest BCUT2D eigenvalue weighted by Crippen LogP contribution is 2.31. The smallest absolute Gasteiger partial charge is 0.278 e. The molecule has 1 heterocycles. The summed E-state index contributed by atoms with van der Waals surface area (Å²) in [6, 6.07) is 15.2. The molecule has 0 radical (unpaired) electrons. The minimum atomic E-state index is -0.254. The topological polar surface area (TPSA) is 55.1 Å². The van der Waals surface area contributed by atoms with E-state index in [4.69, 9.17) is 11.6 Å². The SMILES string of the molecule is Cc1ccccc1-c1c(O)c(CCc2ccc(Cl)cc2)nn(CC(C)C)c1=O. The minimum Gasteiger partial charge on any atom is -0.505 e. The van der Waals surface area contributed by atoms with Gasteiger partial charge in [-0.2, -0.15) is 5.10 Å². The molecule has 0 aliphatic rings. The molecule has 3 rings (SSSR count). The highest BCUT2D eigenvalue weighted by Gasteiger charge is 2.20. The number of halogens is 1. The third kappa shape index (κ3) is 4.45. The van der Waals surface area contributed by atoms with Crippen LogP contribution in [0.4, 0.5) is 0 Å². The summed E-state index contributed by atoms with van der Waals surface area (Å²) in [7, 11) is 0. The van der Waals surface area contributed by atoms with E-state index in [1.165, 1.54) is 4.68 Å². The van der Waals surface area contributed by atoms with E-state index in [0.29, 0.717) is 35.7 Å². The fourth-order valence-electron chi connectivity index (χ4n) is 3.26. The van der Waals surface area contributed by atoms with E-state index in [1.54, 1.807) is 0 Å². The van der Waals surface area contributed by atoms with Gasteiger partial charge in [-0.05, 0) is 54.5 Å². The molecule has 4 nitrogen and oxygen atoms in total. The van der Waals surface area contributed by atoms with Gasteiger partial charge in [0.15, 0.2) is 5.75 Å². The zero-order chi connectivity index (χ0) is 20.3. The zero-order valence-corrected chi connectivity index (χ0v) is 17.2. The van der Waals surface area contributed by atoms with Crippen molar-refractivity contribution in [1.82, 2.24) is 9.78 Å². The van der Waals surface area contributed by atoms with Crippen LogP contribution in [0.15, 0.2) is 53.3 Å². The van der Waals surface area contributed by atoms with Gasteiger partial charge >= 0.3 is 0 Å². The van der Waals surface area contributed by atoms with Crippen molar-refractivity contribution in [2.24, 2.45) is 5.92 Å². The number of aromatic nitrogens is 2. The molecule has 1 N–H and O–H groups in total. The van der Waals surface area contributed by atoms with Crippen LogP contribution in [0.3, 0.4) is 0 Å². The highest BCUT2D eigenvalue weighted by molar-refractivity contribution is 6.30. The van der Waals surface area contributed by atoms with Crippen molar-refractivity contribution in [1.29, 1.82) is 0 Å². The first-order valence-corrected chi connectivity index (χ1v) is 9.88. The summed E-state index contributed by atoms with van der Waals surface area (Å²) in [6.45, 7) is 6.53. The first-order valence-electron chi connectivity index (χ1n) is 9.50. The van der Waals surface area contributed by atoms with Crippen molar-refractivity contribution in [3.05, 3.63) is 80.7 Å². The molecule has 1 aromatic heterocycles. The lowest BCUT2D eigenvalue weighted by Crippen LogP contribution is -2.28. The minimum absolute atomic E-state index is 0.0201. The summed E-state index contributed by atoms with van der Waals surface area (Å²) in [4.78, 5) is 13.1. The van der Waals surface area contributed by atoms with E-state index in [2.05, 4.69) is 5.10 Å². The highest BCUT2D eigenvalue weighted by atomic mass is 35.5. The van der Waals surface area contributed by atoms with E-state index < -0.39 is 0 Å². The van der Waals surface area contributed by atoms with Gasteiger partial charge in [-0.1, -0.05) is 61.8 Å². The van der Waals surface area contributed by atoms with Crippen molar-refractivity contribution >= 4 is 11.6 Å². The van der Waals surface area contributed by atoms with Crippen LogP contribution in [0.5, 0.6) is 5.75 Å².